The van der Waals surface area contributed by atoms with Crippen molar-refractivity contribution in [3.05, 3.63) is 47.5 Å². The highest BCUT2D eigenvalue weighted by Crippen LogP contribution is 2.30. The van der Waals surface area contributed by atoms with Crippen LogP contribution in [0.4, 0.5) is 11.4 Å². The van der Waals surface area contributed by atoms with E-state index in [4.69, 9.17) is 21.1 Å². The monoisotopic (exact) mass is 417 g/mol. The summed E-state index contributed by atoms with van der Waals surface area (Å²) in [4.78, 5) is 16.0. The Labute approximate surface area is 177 Å². The molecule has 0 atom stereocenters. The number of hydrogen-bond donors (Lipinski definition) is 1. The van der Waals surface area contributed by atoms with Gasteiger partial charge in [0.15, 0.2) is 11.5 Å². The third-order valence-electron chi connectivity index (χ3n) is 4.91. The molecular weight excluding hydrogens is 390 g/mol. The fourth-order valence-electron chi connectivity index (χ4n) is 3.44. The Morgan fingerprint density at radius 2 is 1.90 bits per heavy atom. The second-order valence-electron chi connectivity index (χ2n) is 7.06. The second kappa shape index (κ2) is 10.4. The lowest BCUT2D eigenvalue weighted by Crippen LogP contribution is -2.46. The first-order valence-electron chi connectivity index (χ1n) is 9.86. The predicted octanol–water partition coefficient (Wildman–Crippen LogP) is 3.90. The number of nitrogens with zero attached hydrogens (tertiary/aromatic N) is 2. The van der Waals surface area contributed by atoms with Gasteiger partial charge in [0.1, 0.15) is 0 Å². The third-order valence-corrected chi connectivity index (χ3v) is 5.14. The molecule has 0 aliphatic carbocycles. The number of rotatable bonds is 8. The topological polar surface area (TPSA) is 54.0 Å². The number of hydrogen-bond acceptors (Lipinski definition) is 5. The summed E-state index contributed by atoms with van der Waals surface area (Å²) >= 11 is 6.10. The summed E-state index contributed by atoms with van der Waals surface area (Å²) in [5, 5.41) is 3.52. The number of nitrogens with one attached hydrogen (secondary N) is 1. The van der Waals surface area contributed by atoms with Crippen LogP contribution in [0, 0.1) is 0 Å². The maximum atomic E-state index is 11.2. The van der Waals surface area contributed by atoms with E-state index in [1.165, 1.54) is 12.6 Å². The van der Waals surface area contributed by atoms with Crippen LogP contribution in [-0.2, 0) is 4.79 Å². The highest BCUT2D eigenvalue weighted by atomic mass is 35.5. The van der Waals surface area contributed by atoms with Crippen LogP contribution in [0.2, 0.25) is 5.02 Å². The molecule has 1 N–H and O–H groups in total. The normalized spacial score (nSPS) is 14.5. The highest BCUT2D eigenvalue weighted by molar-refractivity contribution is 6.30. The number of methoxy groups -OCH3 is 1. The van der Waals surface area contributed by atoms with Gasteiger partial charge in [-0.3, -0.25) is 9.69 Å². The highest BCUT2D eigenvalue weighted by Gasteiger charge is 2.17. The number of piperazine rings is 1. The minimum Gasteiger partial charge on any atom is -0.493 e. The Kier molecular flexibility index (Phi) is 7.61. The molecule has 0 saturated carbocycles. The summed E-state index contributed by atoms with van der Waals surface area (Å²) in [6.45, 7) is 7.15. The number of ether oxygens (including phenoxy) is 2. The molecule has 0 bridgehead atoms. The smallest absolute Gasteiger partial charge is 0.221 e. The summed E-state index contributed by atoms with van der Waals surface area (Å²) in [5.41, 5.74) is 1.88. The van der Waals surface area contributed by atoms with E-state index in [1.807, 2.05) is 30.3 Å². The van der Waals surface area contributed by atoms with E-state index in [0.29, 0.717) is 23.8 Å². The van der Waals surface area contributed by atoms with Crippen molar-refractivity contribution in [1.29, 1.82) is 0 Å². The SMILES string of the molecule is COc1cc(NC(C)=O)ccc1OCCCN1CCN(c2cccc(Cl)c2)CC1. The van der Waals surface area contributed by atoms with E-state index in [0.717, 1.165) is 44.2 Å². The van der Waals surface area contributed by atoms with Gasteiger partial charge in [0.2, 0.25) is 5.91 Å². The van der Waals surface area contributed by atoms with E-state index in [9.17, 15) is 4.79 Å². The van der Waals surface area contributed by atoms with Crippen LogP contribution in [0.1, 0.15) is 13.3 Å². The number of anilines is 2. The molecule has 3 rings (SSSR count). The first-order chi connectivity index (χ1) is 14.0. The fraction of sp³-hybridized carbons (Fsp3) is 0.409. The van der Waals surface area contributed by atoms with Crippen molar-refractivity contribution in [3.8, 4) is 11.5 Å². The van der Waals surface area contributed by atoms with E-state index < -0.39 is 0 Å². The molecule has 0 unspecified atom stereocenters. The lowest BCUT2D eigenvalue weighted by molar-refractivity contribution is -0.114. The molecule has 6 nitrogen and oxygen atoms in total. The van der Waals surface area contributed by atoms with Crippen LogP contribution >= 0.6 is 11.6 Å². The Morgan fingerprint density at radius 1 is 1.10 bits per heavy atom. The first kappa shape index (κ1) is 21.3. The minimum absolute atomic E-state index is 0.115. The number of amides is 1. The molecule has 156 valence electrons. The molecule has 1 amide bonds. The zero-order chi connectivity index (χ0) is 20.6. The zero-order valence-electron chi connectivity index (χ0n) is 17.0. The van der Waals surface area contributed by atoms with Gasteiger partial charge in [-0.15, -0.1) is 0 Å². The number of halogens is 1. The van der Waals surface area contributed by atoms with Crippen molar-refractivity contribution in [2.45, 2.75) is 13.3 Å². The van der Waals surface area contributed by atoms with Crippen LogP contribution in [0.15, 0.2) is 42.5 Å². The van der Waals surface area contributed by atoms with Gasteiger partial charge < -0.3 is 19.7 Å². The molecule has 1 aliphatic heterocycles. The molecule has 1 heterocycles. The van der Waals surface area contributed by atoms with Gasteiger partial charge in [-0.05, 0) is 36.8 Å². The molecule has 1 aliphatic rings. The zero-order valence-corrected chi connectivity index (χ0v) is 17.7. The summed E-state index contributed by atoms with van der Waals surface area (Å²) in [5.74, 6) is 1.19. The maximum Gasteiger partial charge on any atom is 0.221 e. The quantitative estimate of drug-likeness (QED) is 0.660. The van der Waals surface area contributed by atoms with Crippen molar-refractivity contribution in [2.24, 2.45) is 0 Å². The third kappa shape index (κ3) is 6.27. The minimum atomic E-state index is -0.115. The Morgan fingerprint density at radius 3 is 2.59 bits per heavy atom. The van der Waals surface area contributed by atoms with Crippen molar-refractivity contribution in [3.63, 3.8) is 0 Å². The predicted molar refractivity (Wildman–Crippen MR) is 118 cm³/mol. The molecule has 1 saturated heterocycles. The molecule has 0 aromatic heterocycles. The Balaban J connectivity index is 1.40. The summed E-state index contributed by atoms with van der Waals surface area (Å²) in [6, 6.07) is 13.5. The number of carbonyl (C=O) groups is 1. The molecular formula is C22H28ClN3O3. The molecule has 2 aromatic rings. The van der Waals surface area contributed by atoms with Crippen LogP contribution in [0.5, 0.6) is 11.5 Å². The number of benzene rings is 2. The average molecular weight is 418 g/mol. The second-order valence-corrected chi connectivity index (χ2v) is 7.49. The van der Waals surface area contributed by atoms with E-state index in [-0.39, 0.29) is 5.91 Å². The first-order valence-corrected chi connectivity index (χ1v) is 10.2. The van der Waals surface area contributed by atoms with Gasteiger partial charge in [0, 0.05) is 62.1 Å². The maximum absolute atomic E-state index is 11.2. The van der Waals surface area contributed by atoms with E-state index in [2.05, 4.69) is 21.2 Å². The van der Waals surface area contributed by atoms with Crippen LogP contribution in [0.3, 0.4) is 0 Å². The van der Waals surface area contributed by atoms with Crippen molar-refractivity contribution in [1.82, 2.24) is 4.90 Å². The fourth-order valence-corrected chi connectivity index (χ4v) is 3.63. The van der Waals surface area contributed by atoms with Crippen molar-refractivity contribution >= 4 is 28.9 Å². The van der Waals surface area contributed by atoms with Crippen molar-refractivity contribution < 1.29 is 14.3 Å². The Hall–Kier alpha value is -2.44. The lowest BCUT2D eigenvalue weighted by Gasteiger charge is -2.36. The van der Waals surface area contributed by atoms with Gasteiger partial charge in [-0.2, -0.15) is 0 Å². The average Bonchev–Trinajstić information content (AvgIpc) is 2.72. The van der Waals surface area contributed by atoms with Crippen molar-refractivity contribution in [2.75, 3.05) is 56.7 Å². The largest absolute Gasteiger partial charge is 0.493 e. The summed E-state index contributed by atoms with van der Waals surface area (Å²) in [7, 11) is 1.60. The number of carbonyl (C=O) groups excluding carboxylic acids is 1. The van der Waals surface area contributed by atoms with Gasteiger partial charge in [-0.25, -0.2) is 0 Å². The molecule has 7 heteroatoms. The summed E-state index contributed by atoms with van der Waals surface area (Å²) < 4.78 is 11.3. The van der Waals surface area contributed by atoms with Crippen LogP contribution in [0.25, 0.3) is 0 Å². The molecule has 0 spiro atoms. The van der Waals surface area contributed by atoms with E-state index >= 15 is 0 Å². The van der Waals surface area contributed by atoms with E-state index in [1.54, 1.807) is 13.2 Å². The van der Waals surface area contributed by atoms with Crippen LogP contribution < -0.4 is 19.7 Å². The van der Waals surface area contributed by atoms with Gasteiger partial charge >= 0.3 is 0 Å². The Bertz CT molecular complexity index is 823. The standard InChI is InChI=1S/C22H28ClN3O3/c1-17(27)24-19-7-8-21(22(16-19)28-2)29-14-4-9-25-10-12-26(13-11-25)20-6-3-5-18(23)15-20/h3,5-8,15-16H,4,9-14H2,1-2H3,(H,24,27). The molecule has 0 radical (unpaired) electrons. The molecule has 2 aromatic carbocycles. The van der Waals surface area contributed by atoms with Crippen LogP contribution in [-0.4, -0.2) is 57.2 Å². The van der Waals surface area contributed by atoms with Gasteiger partial charge in [0.05, 0.1) is 13.7 Å². The van der Waals surface area contributed by atoms with Gasteiger partial charge in [-0.1, -0.05) is 17.7 Å². The molecule has 29 heavy (non-hydrogen) atoms. The molecule has 1 fully saturated rings. The lowest BCUT2D eigenvalue weighted by atomic mass is 10.2. The summed E-state index contributed by atoms with van der Waals surface area (Å²) in [6.07, 6.45) is 0.938. The van der Waals surface area contributed by atoms with Gasteiger partial charge in [0.25, 0.3) is 0 Å².